The third kappa shape index (κ3) is 2.20. The standard InChI is InChI=1S/C9H9BrF3N/c1-5-3-6(14-2)4-7(8(5)10)9(11,12)13/h3-4,14H,1-2H3. The Morgan fingerprint density at radius 3 is 2.29 bits per heavy atom. The minimum atomic E-state index is -4.32. The Morgan fingerprint density at radius 2 is 1.86 bits per heavy atom. The molecular formula is C9H9BrF3N. The van der Waals surface area contributed by atoms with Gasteiger partial charge in [0, 0.05) is 17.2 Å². The van der Waals surface area contributed by atoms with Crippen LogP contribution >= 0.6 is 15.9 Å². The van der Waals surface area contributed by atoms with Gasteiger partial charge in [-0.1, -0.05) is 0 Å². The quantitative estimate of drug-likeness (QED) is 0.816. The van der Waals surface area contributed by atoms with E-state index in [0.29, 0.717) is 11.3 Å². The summed E-state index contributed by atoms with van der Waals surface area (Å²) < 4.78 is 37.6. The molecule has 0 saturated heterocycles. The maximum atomic E-state index is 12.5. The molecule has 0 amide bonds. The average Bonchev–Trinajstić information content (AvgIpc) is 2.07. The van der Waals surface area contributed by atoms with Crippen LogP contribution in [0.25, 0.3) is 0 Å². The topological polar surface area (TPSA) is 12.0 Å². The fourth-order valence-electron chi connectivity index (χ4n) is 1.12. The SMILES string of the molecule is CNc1cc(C)c(Br)c(C(F)(F)F)c1. The number of rotatable bonds is 1. The van der Waals surface area contributed by atoms with E-state index in [-0.39, 0.29) is 4.47 Å². The highest BCUT2D eigenvalue weighted by Crippen LogP contribution is 2.38. The number of benzene rings is 1. The van der Waals surface area contributed by atoms with Crippen LogP contribution in [0.1, 0.15) is 11.1 Å². The van der Waals surface area contributed by atoms with Crippen molar-refractivity contribution in [3.63, 3.8) is 0 Å². The predicted molar refractivity (Wildman–Crippen MR) is 53.4 cm³/mol. The molecule has 0 atom stereocenters. The van der Waals surface area contributed by atoms with Gasteiger partial charge in [0.15, 0.2) is 0 Å². The molecule has 0 radical (unpaired) electrons. The van der Waals surface area contributed by atoms with Gasteiger partial charge in [-0.05, 0) is 40.5 Å². The summed E-state index contributed by atoms with van der Waals surface area (Å²) in [5, 5.41) is 2.69. The van der Waals surface area contributed by atoms with Crippen molar-refractivity contribution >= 4 is 21.6 Å². The van der Waals surface area contributed by atoms with Crippen molar-refractivity contribution in [2.45, 2.75) is 13.1 Å². The largest absolute Gasteiger partial charge is 0.417 e. The molecule has 0 aliphatic carbocycles. The summed E-state index contributed by atoms with van der Waals surface area (Å²) >= 11 is 2.93. The lowest BCUT2D eigenvalue weighted by molar-refractivity contribution is -0.138. The van der Waals surface area contributed by atoms with Crippen LogP contribution < -0.4 is 5.32 Å². The number of halogens is 4. The van der Waals surface area contributed by atoms with E-state index in [9.17, 15) is 13.2 Å². The molecule has 5 heteroatoms. The van der Waals surface area contributed by atoms with Gasteiger partial charge in [0.25, 0.3) is 0 Å². The number of nitrogens with one attached hydrogen (secondary N) is 1. The van der Waals surface area contributed by atoms with Gasteiger partial charge in [0.2, 0.25) is 0 Å². The Balaban J connectivity index is 3.35. The van der Waals surface area contributed by atoms with Crippen LogP contribution in [0.2, 0.25) is 0 Å². The van der Waals surface area contributed by atoms with Gasteiger partial charge in [-0.25, -0.2) is 0 Å². The molecule has 0 spiro atoms. The predicted octanol–water partition coefficient (Wildman–Crippen LogP) is 3.82. The Hall–Kier alpha value is -0.710. The summed E-state index contributed by atoms with van der Waals surface area (Å²) in [6.45, 7) is 1.63. The van der Waals surface area contributed by atoms with Crippen molar-refractivity contribution in [1.29, 1.82) is 0 Å². The Morgan fingerprint density at radius 1 is 1.29 bits per heavy atom. The second-order valence-electron chi connectivity index (χ2n) is 2.90. The summed E-state index contributed by atoms with van der Waals surface area (Å²) in [6.07, 6.45) is -4.32. The summed E-state index contributed by atoms with van der Waals surface area (Å²) in [6, 6.07) is 2.73. The molecule has 1 N–H and O–H groups in total. The lowest BCUT2D eigenvalue weighted by Gasteiger charge is -2.13. The van der Waals surface area contributed by atoms with Crippen molar-refractivity contribution in [3.8, 4) is 0 Å². The average molecular weight is 268 g/mol. The van der Waals surface area contributed by atoms with Gasteiger partial charge < -0.3 is 5.32 Å². The van der Waals surface area contributed by atoms with Crippen molar-refractivity contribution in [2.24, 2.45) is 0 Å². The van der Waals surface area contributed by atoms with Crippen molar-refractivity contribution in [1.82, 2.24) is 0 Å². The third-order valence-corrected chi connectivity index (χ3v) is 2.90. The van der Waals surface area contributed by atoms with E-state index in [2.05, 4.69) is 21.2 Å². The number of aryl methyl sites for hydroxylation is 1. The summed E-state index contributed by atoms with van der Waals surface area (Å²) in [4.78, 5) is 0. The van der Waals surface area contributed by atoms with Crippen molar-refractivity contribution < 1.29 is 13.2 Å². The van der Waals surface area contributed by atoms with Crippen LogP contribution in [-0.4, -0.2) is 7.05 Å². The molecule has 0 heterocycles. The summed E-state index contributed by atoms with van der Waals surface area (Å²) in [7, 11) is 1.59. The van der Waals surface area contributed by atoms with Gasteiger partial charge in [-0.3, -0.25) is 0 Å². The molecule has 78 valence electrons. The van der Waals surface area contributed by atoms with E-state index in [1.165, 1.54) is 0 Å². The maximum Gasteiger partial charge on any atom is 0.417 e. The first-order chi connectivity index (χ1) is 6.36. The Bertz CT molecular complexity index is 347. The first-order valence-electron chi connectivity index (χ1n) is 3.91. The molecule has 1 aromatic rings. The van der Waals surface area contributed by atoms with Gasteiger partial charge in [0.1, 0.15) is 0 Å². The first-order valence-corrected chi connectivity index (χ1v) is 4.70. The molecule has 0 aromatic heterocycles. The molecule has 0 unspecified atom stereocenters. The zero-order valence-corrected chi connectivity index (χ0v) is 9.25. The molecular weight excluding hydrogens is 259 g/mol. The molecule has 0 saturated carbocycles. The number of hydrogen-bond donors (Lipinski definition) is 1. The van der Waals surface area contributed by atoms with Crippen LogP contribution in [-0.2, 0) is 6.18 Å². The summed E-state index contributed by atoms with van der Waals surface area (Å²) in [5.41, 5.74) is 0.365. The monoisotopic (exact) mass is 267 g/mol. The van der Waals surface area contributed by atoms with Crippen LogP contribution in [0, 0.1) is 6.92 Å². The molecule has 0 fully saturated rings. The molecule has 0 bridgehead atoms. The van der Waals surface area contributed by atoms with E-state index >= 15 is 0 Å². The fourth-order valence-corrected chi connectivity index (χ4v) is 1.57. The number of hydrogen-bond acceptors (Lipinski definition) is 1. The first kappa shape index (κ1) is 11.4. The Kier molecular flexibility index (Phi) is 3.09. The zero-order valence-electron chi connectivity index (χ0n) is 7.67. The molecule has 0 aliphatic rings. The third-order valence-electron chi connectivity index (χ3n) is 1.85. The smallest absolute Gasteiger partial charge is 0.388 e. The van der Waals surface area contributed by atoms with E-state index < -0.39 is 11.7 Å². The highest BCUT2D eigenvalue weighted by Gasteiger charge is 2.33. The van der Waals surface area contributed by atoms with Crippen LogP contribution in [0.15, 0.2) is 16.6 Å². The van der Waals surface area contributed by atoms with Gasteiger partial charge >= 0.3 is 6.18 Å². The van der Waals surface area contributed by atoms with Crippen LogP contribution in [0.3, 0.4) is 0 Å². The maximum absolute atomic E-state index is 12.5. The normalized spacial score (nSPS) is 11.6. The minimum absolute atomic E-state index is 0.101. The van der Waals surface area contributed by atoms with Gasteiger partial charge in [-0.15, -0.1) is 0 Å². The van der Waals surface area contributed by atoms with E-state index in [0.717, 1.165) is 6.07 Å². The summed E-state index contributed by atoms with van der Waals surface area (Å²) in [5.74, 6) is 0. The lowest BCUT2D eigenvalue weighted by atomic mass is 10.1. The highest BCUT2D eigenvalue weighted by atomic mass is 79.9. The minimum Gasteiger partial charge on any atom is -0.388 e. The van der Waals surface area contributed by atoms with Crippen LogP contribution in [0.5, 0.6) is 0 Å². The fraction of sp³-hybridized carbons (Fsp3) is 0.333. The molecule has 0 aliphatic heterocycles. The second kappa shape index (κ2) is 3.81. The number of alkyl halides is 3. The highest BCUT2D eigenvalue weighted by molar-refractivity contribution is 9.10. The molecule has 14 heavy (non-hydrogen) atoms. The van der Waals surface area contributed by atoms with Gasteiger partial charge in [0.05, 0.1) is 5.56 Å². The van der Waals surface area contributed by atoms with Crippen molar-refractivity contribution in [3.05, 3.63) is 27.7 Å². The Labute approximate surface area is 88.4 Å². The molecule has 1 nitrogen and oxygen atoms in total. The number of anilines is 1. The van der Waals surface area contributed by atoms with E-state index in [1.54, 1.807) is 20.0 Å². The van der Waals surface area contributed by atoms with E-state index in [4.69, 9.17) is 0 Å². The molecule has 1 rings (SSSR count). The van der Waals surface area contributed by atoms with E-state index in [1.807, 2.05) is 0 Å². The molecule has 1 aromatic carbocycles. The van der Waals surface area contributed by atoms with Crippen molar-refractivity contribution in [2.75, 3.05) is 12.4 Å². The second-order valence-corrected chi connectivity index (χ2v) is 3.70. The lowest BCUT2D eigenvalue weighted by Crippen LogP contribution is -2.07. The van der Waals surface area contributed by atoms with Gasteiger partial charge in [-0.2, -0.15) is 13.2 Å². The zero-order chi connectivity index (χ0) is 10.9. The van der Waals surface area contributed by atoms with Crippen LogP contribution in [0.4, 0.5) is 18.9 Å².